The summed E-state index contributed by atoms with van der Waals surface area (Å²) in [5, 5.41) is 4.99. The average Bonchev–Trinajstić information content (AvgIpc) is 2.25. The molecule has 1 aromatic carbocycles. The summed E-state index contributed by atoms with van der Waals surface area (Å²) in [6, 6.07) is 2.30. The molecule has 94 valence electrons. The lowest BCUT2D eigenvalue weighted by Crippen LogP contribution is -2.16. The molecule has 0 heterocycles. The van der Waals surface area contributed by atoms with E-state index in [1.54, 1.807) is 0 Å². The third-order valence-corrected chi connectivity index (χ3v) is 3.31. The van der Waals surface area contributed by atoms with Crippen LogP contribution in [0.1, 0.15) is 21.5 Å². The van der Waals surface area contributed by atoms with Gasteiger partial charge in [-0.3, -0.25) is 0 Å². The van der Waals surface area contributed by atoms with Crippen LogP contribution in [0.4, 0.5) is 4.39 Å². The number of ether oxygens (including phenoxy) is 1. The van der Waals surface area contributed by atoms with Crippen LogP contribution >= 0.6 is 0 Å². The molecule has 0 amide bonds. The molecule has 0 aromatic heterocycles. The number of aryl methyl sites for hydroxylation is 1. The van der Waals surface area contributed by atoms with Gasteiger partial charge >= 0.3 is 5.97 Å². The molecule has 0 saturated carbocycles. The van der Waals surface area contributed by atoms with Crippen molar-refractivity contribution in [2.45, 2.75) is 18.5 Å². The van der Waals surface area contributed by atoms with Gasteiger partial charge in [0, 0.05) is 0 Å². The first-order valence-electron chi connectivity index (χ1n) is 4.62. The minimum atomic E-state index is -3.95. The van der Waals surface area contributed by atoms with E-state index < -0.39 is 22.7 Å². The highest BCUT2D eigenvalue weighted by Gasteiger charge is 2.19. The first-order chi connectivity index (χ1) is 7.81. The molecular weight excluding hydrogens is 249 g/mol. The number of halogens is 1. The molecule has 0 bridgehead atoms. The largest absolute Gasteiger partial charge is 0.465 e. The molecule has 0 atom stereocenters. The standard InChI is InChI=1S/C10H12FNO4S/c1-6-3-7(5-11)8(10(13)16-2)4-9(6)17(12,14)15/h3-4H,5H2,1-2H3,(H2,12,14,15). The third kappa shape index (κ3) is 2.80. The molecule has 0 radical (unpaired) electrons. The number of primary sulfonamides is 1. The maximum Gasteiger partial charge on any atom is 0.338 e. The number of hydrogen-bond donors (Lipinski definition) is 1. The van der Waals surface area contributed by atoms with E-state index in [9.17, 15) is 17.6 Å². The highest BCUT2D eigenvalue weighted by Crippen LogP contribution is 2.21. The quantitative estimate of drug-likeness (QED) is 0.819. The smallest absolute Gasteiger partial charge is 0.338 e. The molecule has 7 heteroatoms. The summed E-state index contributed by atoms with van der Waals surface area (Å²) < 4.78 is 39.6. The van der Waals surface area contributed by atoms with Gasteiger partial charge < -0.3 is 4.74 Å². The number of carbonyl (C=O) groups excluding carboxylic acids is 1. The van der Waals surface area contributed by atoms with Crippen LogP contribution in [0.25, 0.3) is 0 Å². The fourth-order valence-corrected chi connectivity index (χ4v) is 2.25. The lowest BCUT2D eigenvalue weighted by molar-refractivity contribution is 0.0598. The van der Waals surface area contributed by atoms with E-state index in [0.717, 1.165) is 13.2 Å². The topological polar surface area (TPSA) is 86.5 Å². The van der Waals surface area contributed by atoms with Crippen molar-refractivity contribution in [1.82, 2.24) is 0 Å². The summed E-state index contributed by atoms with van der Waals surface area (Å²) in [5.41, 5.74) is 0.221. The lowest BCUT2D eigenvalue weighted by atomic mass is 10.1. The number of esters is 1. The van der Waals surface area contributed by atoms with Crippen LogP contribution < -0.4 is 5.14 Å². The van der Waals surface area contributed by atoms with Crippen LogP contribution in [0, 0.1) is 6.92 Å². The number of benzene rings is 1. The van der Waals surface area contributed by atoms with Crippen LogP contribution in [0.15, 0.2) is 17.0 Å². The Bertz CT molecular complexity index is 554. The van der Waals surface area contributed by atoms with Crippen LogP contribution in [-0.2, 0) is 21.4 Å². The summed E-state index contributed by atoms with van der Waals surface area (Å²) in [7, 11) is -2.83. The Kier molecular flexibility index (Phi) is 3.84. The fourth-order valence-electron chi connectivity index (χ4n) is 1.46. The minimum absolute atomic E-state index is 0.0711. The van der Waals surface area contributed by atoms with Crippen molar-refractivity contribution in [2.75, 3.05) is 7.11 Å². The molecule has 0 spiro atoms. The number of sulfonamides is 1. The van der Waals surface area contributed by atoms with Gasteiger partial charge in [0.25, 0.3) is 0 Å². The number of nitrogens with two attached hydrogens (primary N) is 1. The van der Waals surface area contributed by atoms with E-state index in [1.165, 1.54) is 13.0 Å². The Morgan fingerprint density at radius 1 is 1.47 bits per heavy atom. The van der Waals surface area contributed by atoms with Crippen molar-refractivity contribution >= 4 is 16.0 Å². The van der Waals surface area contributed by atoms with Gasteiger partial charge in [-0.25, -0.2) is 22.7 Å². The molecule has 0 aliphatic rings. The van der Waals surface area contributed by atoms with Gasteiger partial charge in [-0.2, -0.15) is 0 Å². The molecule has 1 rings (SSSR count). The zero-order chi connectivity index (χ0) is 13.2. The Morgan fingerprint density at radius 2 is 2.06 bits per heavy atom. The second kappa shape index (κ2) is 4.80. The predicted molar refractivity (Wildman–Crippen MR) is 58.7 cm³/mol. The van der Waals surface area contributed by atoms with Crippen molar-refractivity contribution in [3.63, 3.8) is 0 Å². The van der Waals surface area contributed by atoms with Crippen molar-refractivity contribution in [1.29, 1.82) is 0 Å². The van der Waals surface area contributed by atoms with Crippen LogP contribution in [-0.4, -0.2) is 21.5 Å². The van der Waals surface area contributed by atoms with Crippen molar-refractivity contribution in [3.05, 3.63) is 28.8 Å². The summed E-state index contributed by atoms with van der Waals surface area (Å²) in [5.74, 6) is -0.803. The number of rotatable bonds is 3. The second-order valence-corrected chi connectivity index (χ2v) is 4.97. The first kappa shape index (κ1) is 13.6. The minimum Gasteiger partial charge on any atom is -0.465 e. The van der Waals surface area contributed by atoms with Crippen molar-refractivity contribution < 1.29 is 22.3 Å². The maximum atomic E-state index is 12.7. The molecule has 17 heavy (non-hydrogen) atoms. The highest BCUT2D eigenvalue weighted by atomic mass is 32.2. The van der Waals surface area contributed by atoms with Crippen LogP contribution in [0.2, 0.25) is 0 Å². The highest BCUT2D eigenvalue weighted by molar-refractivity contribution is 7.89. The van der Waals surface area contributed by atoms with E-state index in [0.29, 0.717) is 0 Å². The Morgan fingerprint density at radius 3 is 2.47 bits per heavy atom. The molecule has 5 nitrogen and oxygen atoms in total. The molecular formula is C10H12FNO4S. The normalized spacial score (nSPS) is 11.3. The van der Waals surface area contributed by atoms with E-state index in [-0.39, 0.29) is 21.6 Å². The van der Waals surface area contributed by atoms with Gasteiger partial charge in [0.05, 0.1) is 17.6 Å². The summed E-state index contributed by atoms with van der Waals surface area (Å²) in [4.78, 5) is 11.1. The van der Waals surface area contributed by atoms with Gasteiger partial charge in [-0.1, -0.05) is 6.07 Å². The molecule has 0 saturated heterocycles. The van der Waals surface area contributed by atoms with Gasteiger partial charge in [0.15, 0.2) is 0 Å². The molecule has 0 unspecified atom stereocenters. The number of alkyl halides is 1. The Balaban J connectivity index is 3.54. The van der Waals surface area contributed by atoms with Crippen LogP contribution in [0.5, 0.6) is 0 Å². The molecule has 0 aliphatic carbocycles. The zero-order valence-electron chi connectivity index (χ0n) is 9.36. The third-order valence-electron chi connectivity index (χ3n) is 2.26. The monoisotopic (exact) mass is 261 g/mol. The fraction of sp³-hybridized carbons (Fsp3) is 0.300. The number of methoxy groups -OCH3 is 1. The molecule has 0 fully saturated rings. The van der Waals surface area contributed by atoms with E-state index >= 15 is 0 Å². The predicted octanol–water partition coefficient (Wildman–Crippen LogP) is 0.899. The molecule has 1 aromatic rings. The number of carbonyl (C=O) groups is 1. The SMILES string of the molecule is COC(=O)c1cc(S(N)(=O)=O)c(C)cc1CF. The average molecular weight is 261 g/mol. The first-order valence-corrected chi connectivity index (χ1v) is 6.16. The summed E-state index contributed by atoms with van der Waals surface area (Å²) in [6.07, 6.45) is 0. The van der Waals surface area contributed by atoms with Gasteiger partial charge in [0.2, 0.25) is 10.0 Å². The molecule has 0 aliphatic heterocycles. The van der Waals surface area contributed by atoms with Gasteiger partial charge in [-0.05, 0) is 24.1 Å². The Labute approximate surface area is 98.4 Å². The Hall–Kier alpha value is -1.47. The van der Waals surface area contributed by atoms with E-state index in [2.05, 4.69) is 4.74 Å². The second-order valence-electron chi connectivity index (χ2n) is 3.45. The lowest BCUT2D eigenvalue weighted by Gasteiger charge is -2.10. The van der Waals surface area contributed by atoms with Crippen molar-refractivity contribution in [3.8, 4) is 0 Å². The van der Waals surface area contributed by atoms with Crippen LogP contribution in [0.3, 0.4) is 0 Å². The van der Waals surface area contributed by atoms with Crippen molar-refractivity contribution in [2.24, 2.45) is 5.14 Å². The molecule has 2 N–H and O–H groups in total. The maximum absolute atomic E-state index is 12.7. The summed E-state index contributed by atoms with van der Waals surface area (Å²) >= 11 is 0. The van der Waals surface area contributed by atoms with Gasteiger partial charge in [0.1, 0.15) is 6.67 Å². The van der Waals surface area contributed by atoms with Gasteiger partial charge in [-0.15, -0.1) is 0 Å². The zero-order valence-corrected chi connectivity index (χ0v) is 10.2. The van der Waals surface area contributed by atoms with E-state index in [1.807, 2.05) is 0 Å². The van der Waals surface area contributed by atoms with E-state index in [4.69, 9.17) is 5.14 Å². The number of hydrogen-bond acceptors (Lipinski definition) is 4. The summed E-state index contributed by atoms with van der Waals surface area (Å²) in [6.45, 7) is 0.579.